The van der Waals surface area contributed by atoms with Gasteiger partial charge in [-0.3, -0.25) is 0 Å². The number of oxazole rings is 1. The van der Waals surface area contributed by atoms with Gasteiger partial charge >= 0.3 is 0 Å². The summed E-state index contributed by atoms with van der Waals surface area (Å²) in [7, 11) is 0. The van der Waals surface area contributed by atoms with Crippen LogP contribution in [0.5, 0.6) is 0 Å². The van der Waals surface area contributed by atoms with Gasteiger partial charge in [0.2, 0.25) is 5.89 Å². The molecule has 0 unspecified atom stereocenters. The van der Waals surface area contributed by atoms with E-state index < -0.39 is 0 Å². The monoisotopic (exact) mass is 668 g/mol. The summed E-state index contributed by atoms with van der Waals surface area (Å²) in [4.78, 5) is 20.0. The minimum Gasteiger partial charge on any atom is -0.456 e. The number of aromatic nitrogens is 4. The number of para-hydroxylation sites is 1. The summed E-state index contributed by atoms with van der Waals surface area (Å²) in [6, 6.07) is 57.0. The summed E-state index contributed by atoms with van der Waals surface area (Å²) in [5.74, 6) is 2.43. The molecule has 0 spiro atoms. The Kier molecular flexibility index (Phi) is 7.03. The van der Waals surface area contributed by atoms with Crippen molar-refractivity contribution < 1.29 is 8.83 Å². The molecule has 0 amide bonds. The third-order valence-corrected chi connectivity index (χ3v) is 9.40. The highest BCUT2D eigenvalue weighted by Gasteiger charge is 2.20. The first-order chi connectivity index (χ1) is 25.8. The first-order valence-electron chi connectivity index (χ1n) is 17.1. The van der Waals surface area contributed by atoms with E-state index in [1.807, 2.05) is 127 Å². The number of rotatable bonds is 6. The molecule has 6 heteroatoms. The fourth-order valence-electron chi connectivity index (χ4n) is 6.95. The zero-order valence-electron chi connectivity index (χ0n) is 27.8. The molecule has 6 nitrogen and oxygen atoms in total. The quantitative estimate of drug-likeness (QED) is 0.175. The molecule has 7 aromatic carbocycles. The zero-order valence-corrected chi connectivity index (χ0v) is 27.8. The van der Waals surface area contributed by atoms with Gasteiger partial charge in [0, 0.05) is 38.6 Å². The maximum atomic E-state index is 6.48. The first kappa shape index (κ1) is 29.7. The predicted molar refractivity (Wildman–Crippen MR) is 207 cm³/mol. The normalized spacial score (nSPS) is 11.5. The van der Waals surface area contributed by atoms with E-state index in [9.17, 15) is 0 Å². The molecule has 0 N–H and O–H groups in total. The average Bonchev–Trinajstić information content (AvgIpc) is 3.84. The van der Waals surface area contributed by atoms with Crippen LogP contribution < -0.4 is 0 Å². The molecule has 244 valence electrons. The number of nitrogens with zero attached hydrogens (tertiary/aromatic N) is 4. The van der Waals surface area contributed by atoms with Crippen molar-refractivity contribution in [2.75, 3.05) is 0 Å². The number of benzene rings is 7. The Hall–Kier alpha value is -7.18. The van der Waals surface area contributed by atoms with E-state index in [2.05, 4.69) is 42.5 Å². The van der Waals surface area contributed by atoms with Gasteiger partial charge in [-0.1, -0.05) is 133 Å². The number of hydrogen-bond donors (Lipinski definition) is 0. The molecule has 3 aromatic heterocycles. The third kappa shape index (κ3) is 5.13. The molecule has 0 aliphatic heterocycles. The molecule has 52 heavy (non-hydrogen) atoms. The molecule has 0 aliphatic carbocycles. The molecular formula is C46H28N4O2. The Bertz CT molecular complexity index is 2840. The molecular weight excluding hydrogens is 641 g/mol. The average molecular weight is 669 g/mol. The van der Waals surface area contributed by atoms with Gasteiger partial charge in [-0.05, 0) is 53.1 Å². The summed E-state index contributed by atoms with van der Waals surface area (Å²) in [5.41, 5.74) is 10.9. The van der Waals surface area contributed by atoms with Gasteiger partial charge in [-0.15, -0.1) is 0 Å². The minimum absolute atomic E-state index is 0.598. The molecule has 10 rings (SSSR count). The van der Waals surface area contributed by atoms with Crippen molar-refractivity contribution in [2.45, 2.75) is 0 Å². The SMILES string of the molecule is c1ccc(-c2nc(-c3ccccc3)nc(-c3ccccc3-c3cccc4oc5ccc(-c6cccc7oc(-c8ccccc8)nc67)cc5c34)n2)cc1. The van der Waals surface area contributed by atoms with Crippen molar-refractivity contribution in [2.24, 2.45) is 0 Å². The standard InChI is InChI=1S/C46H28N4O2/c1-4-14-29(15-5-1)43-48-44(30-16-6-2-7-17-30)50-45(49-43)36-21-11-10-20-34(36)35-23-13-24-39-41(35)37-28-32(26-27-38(37)51-39)33-22-12-25-40-42(33)47-46(52-40)31-18-8-3-9-19-31/h1-28H. The predicted octanol–water partition coefficient (Wildman–Crippen LogP) is 11.9. The lowest BCUT2D eigenvalue weighted by Gasteiger charge is -2.13. The van der Waals surface area contributed by atoms with E-state index >= 15 is 0 Å². The van der Waals surface area contributed by atoms with Crippen LogP contribution in [0.4, 0.5) is 0 Å². The van der Waals surface area contributed by atoms with Gasteiger partial charge in [0.15, 0.2) is 23.1 Å². The molecule has 0 radical (unpaired) electrons. The van der Waals surface area contributed by atoms with E-state index in [1.54, 1.807) is 0 Å². The van der Waals surface area contributed by atoms with E-state index in [4.69, 9.17) is 28.8 Å². The molecule has 0 aliphatic rings. The first-order valence-corrected chi connectivity index (χ1v) is 17.1. The van der Waals surface area contributed by atoms with Crippen LogP contribution in [0.3, 0.4) is 0 Å². The summed E-state index contributed by atoms with van der Waals surface area (Å²) in [6.45, 7) is 0. The van der Waals surface area contributed by atoms with Crippen molar-refractivity contribution in [1.82, 2.24) is 19.9 Å². The molecule has 0 saturated carbocycles. The molecule has 0 fully saturated rings. The van der Waals surface area contributed by atoms with Gasteiger partial charge < -0.3 is 8.83 Å². The summed E-state index contributed by atoms with van der Waals surface area (Å²) in [6.07, 6.45) is 0. The Morgan fingerprint density at radius 1 is 0.327 bits per heavy atom. The second kappa shape index (κ2) is 12.3. The summed E-state index contributed by atoms with van der Waals surface area (Å²) < 4.78 is 12.7. The van der Waals surface area contributed by atoms with Crippen molar-refractivity contribution in [3.05, 3.63) is 170 Å². The lowest BCUT2D eigenvalue weighted by Crippen LogP contribution is -2.01. The maximum Gasteiger partial charge on any atom is 0.227 e. The van der Waals surface area contributed by atoms with Crippen molar-refractivity contribution in [3.63, 3.8) is 0 Å². The van der Waals surface area contributed by atoms with E-state index in [-0.39, 0.29) is 0 Å². The van der Waals surface area contributed by atoms with E-state index in [0.29, 0.717) is 23.4 Å². The summed E-state index contributed by atoms with van der Waals surface area (Å²) >= 11 is 0. The van der Waals surface area contributed by atoms with Crippen LogP contribution in [-0.4, -0.2) is 19.9 Å². The fourth-order valence-corrected chi connectivity index (χ4v) is 6.95. The summed E-state index contributed by atoms with van der Waals surface area (Å²) in [5, 5.41) is 2.03. The van der Waals surface area contributed by atoms with Crippen LogP contribution in [0.25, 0.3) is 101 Å². The number of furan rings is 1. The Morgan fingerprint density at radius 3 is 1.58 bits per heavy atom. The zero-order chi connectivity index (χ0) is 34.4. The van der Waals surface area contributed by atoms with Gasteiger partial charge in [0.25, 0.3) is 0 Å². The second-order valence-electron chi connectivity index (χ2n) is 12.6. The van der Waals surface area contributed by atoms with Gasteiger partial charge in [-0.25, -0.2) is 19.9 Å². The van der Waals surface area contributed by atoms with Crippen LogP contribution in [0.2, 0.25) is 0 Å². The van der Waals surface area contributed by atoms with Gasteiger partial charge in [-0.2, -0.15) is 0 Å². The van der Waals surface area contributed by atoms with Crippen molar-refractivity contribution >= 4 is 33.0 Å². The van der Waals surface area contributed by atoms with Gasteiger partial charge in [0.1, 0.15) is 16.7 Å². The van der Waals surface area contributed by atoms with Crippen LogP contribution in [0, 0.1) is 0 Å². The Morgan fingerprint density at radius 2 is 0.885 bits per heavy atom. The Balaban J connectivity index is 1.15. The highest BCUT2D eigenvalue weighted by atomic mass is 16.3. The third-order valence-electron chi connectivity index (χ3n) is 9.40. The molecule has 10 aromatic rings. The lowest BCUT2D eigenvalue weighted by atomic mass is 9.94. The van der Waals surface area contributed by atoms with Crippen LogP contribution in [0.1, 0.15) is 0 Å². The largest absolute Gasteiger partial charge is 0.456 e. The Labute approximate surface area is 298 Å². The second-order valence-corrected chi connectivity index (χ2v) is 12.6. The van der Waals surface area contributed by atoms with E-state index in [1.165, 1.54) is 0 Å². The van der Waals surface area contributed by atoms with Crippen molar-refractivity contribution in [1.29, 1.82) is 0 Å². The topological polar surface area (TPSA) is 77.8 Å². The minimum atomic E-state index is 0.598. The van der Waals surface area contributed by atoms with Crippen LogP contribution >= 0.6 is 0 Å². The van der Waals surface area contributed by atoms with Crippen LogP contribution in [-0.2, 0) is 0 Å². The highest BCUT2D eigenvalue weighted by molar-refractivity contribution is 6.14. The maximum absolute atomic E-state index is 6.48. The molecule has 0 atom stereocenters. The van der Waals surface area contributed by atoms with Gasteiger partial charge in [0.05, 0.1) is 0 Å². The molecule has 3 heterocycles. The number of hydrogen-bond acceptors (Lipinski definition) is 6. The van der Waals surface area contributed by atoms with E-state index in [0.717, 1.165) is 77.5 Å². The smallest absolute Gasteiger partial charge is 0.227 e. The highest BCUT2D eigenvalue weighted by Crippen LogP contribution is 2.42. The van der Waals surface area contributed by atoms with Crippen LogP contribution in [0.15, 0.2) is 179 Å². The molecule has 0 bridgehead atoms. The fraction of sp³-hybridized carbons (Fsp3) is 0. The molecule has 0 saturated heterocycles. The van der Waals surface area contributed by atoms with Crippen molar-refractivity contribution in [3.8, 4) is 67.9 Å². The lowest BCUT2D eigenvalue weighted by molar-refractivity contribution is 0.620. The number of fused-ring (bicyclic) bond motifs is 4.